The van der Waals surface area contributed by atoms with Gasteiger partial charge in [0.2, 0.25) is 0 Å². The number of carboxylic acid groups (broad SMARTS) is 1. The van der Waals surface area contributed by atoms with Crippen molar-refractivity contribution in [2.45, 2.75) is 38.5 Å². The van der Waals surface area contributed by atoms with Gasteiger partial charge in [-0.1, -0.05) is 17.7 Å². The Morgan fingerprint density at radius 2 is 2.33 bits per heavy atom. The molecule has 0 fully saturated rings. The van der Waals surface area contributed by atoms with Crippen molar-refractivity contribution >= 4 is 17.6 Å². The molecule has 0 bridgehead atoms. The number of hydrogen-bond donors (Lipinski definition) is 1. The Labute approximate surface area is 128 Å². The van der Waals surface area contributed by atoms with Gasteiger partial charge in [0.25, 0.3) is 0 Å². The summed E-state index contributed by atoms with van der Waals surface area (Å²) in [5.41, 5.74) is 4.16. The highest BCUT2D eigenvalue weighted by atomic mass is 35.5. The average Bonchev–Trinajstić information content (AvgIpc) is 2.86. The summed E-state index contributed by atoms with van der Waals surface area (Å²) in [7, 11) is 0. The fourth-order valence-electron chi connectivity index (χ4n) is 3.11. The molecular weight excluding hydrogens is 288 g/mol. The molecule has 110 valence electrons. The second kappa shape index (κ2) is 5.53. The number of rotatable bonds is 3. The van der Waals surface area contributed by atoms with E-state index in [1.54, 1.807) is 0 Å². The second-order valence-electron chi connectivity index (χ2n) is 5.53. The topological polar surface area (TPSA) is 55.1 Å². The first-order chi connectivity index (χ1) is 10.1. The summed E-state index contributed by atoms with van der Waals surface area (Å²) < 4.78 is 1.92. The van der Waals surface area contributed by atoms with Gasteiger partial charge in [0.05, 0.1) is 18.3 Å². The molecule has 5 heteroatoms. The summed E-state index contributed by atoms with van der Waals surface area (Å²) in [6.07, 6.45) is 4.84. The molecule has 1 unspecified atom stereocenters. The Morgan fingerprint density at radius 3 is 3.10 bits per heavy atom. The number of hydrogen-bond acceptors (Lipinski definition) is 2. The number of aromatic nitrogens is 2. The molecule has 1 aliphatic rings. The van der Waals surface area contributed by atoms with Gasteiger partial charge in [0.1, 0.15) is 0 Å². The van der Waals surface area contributed by atoms with Gasteiger partial charge in [-0.05, 0) is 55.4 Å². The van der Waals surface area contributed by atoms with E-state index in [9.17, 15) is 4.79 Å². The number of fused-ring (bicyclic) bond motifs is 1. The smallest absolute Gasteiger partial charge is 0.303 e. The molecule has 0 saturated heterocycles. The molecule has 1 heterocycles. The van der Waals surface area contributed by atoms with Crippen LogP contribution in [0.3, 0.4) is 0 Å². The average molecular weight is 305 g/mol. The van der Waals surface area contributed by atoms with Crippen molar-refractivity contribution in [1.82, 2.24) is 9.78 Å². The number of benzene rings is 1. The Bertz CT molecular complexity index is 694. The van der Waals surface area contributed by atoms with E-state index in [0.717, 1.165) is 46.8 Å². The lowest BCUT2D eigenvalue weighted by Gasteiger charge is -2.22. The van der Waals surface area contributed by atoms with Gasteiger partial charge >= 0.3 is 5.97 Å². The van der Waals surface area contributed by atoms with E-state index in [1.165, 1.54) is 0 Å². The third kappa shape index (κ3) is 2.56. The highest BCUT2D eigenvalue weighted by molar-refractivity contribution is 6.31. The minimum absolute atomic E-state index is 0.0690. The normalized spacial score (nSPS) is 17.5. The zero-order valence-corrected chi connectivity index (χ0v) is 12.6. The first-order valence-electron chi connectivity index (χ1n) is 7.12. The fourth-order valence-corrected chi connectivity index (χ4v) is 3.27. The van der Waals surface area contributed by atoms with Crippen molar-refractivity contribution in [3.63, 3.8) is 0 Å². The summed E-state index contributed by atoms with van der Waals surface area (Å²) >= 11 is 6.19. The number of carbonyl (C=O) groups is 1. The van der Waals surface area contributed by atoms with Crippen LogP contribution in [0.2, 0.25) is 5.02 Å². The van der Waals surface area contributed by atoms with Crippen molar-refractivity contribution < 1.29 is 9.90 Å². The molecule has 0 amide bonds. The summed E-state index contributed by atoms with van der Waals surface area (Å²) in [6, 6.07) is 5.77. The molecular formula is C16H17ClN2O2. The van der Waals surface area contributed by atoms with Crippen LogP contribution in [-0.2, 0) is 11.2 Å². The maximum atomic E-state index is 11.0. The van der Waals surface area contributed by atoms with Gasteiger partial charge < -0.3 is 5.11 Å². The number of nitrogens with zero attached hydrogens (tertiary/aromatic N) is 2. The summed E-state index contributed by atoms with van der Waals surface area (Å²) in [6.45, 7) is 1.98. The predicted molar refractivity (Wildman–Crippen MR) is 81.2 cm³/mol. The molecule has 3 rings (SSSR count). The van der Waals surface area contributed by atoms with Gasteiger partial charge in [-0.25, -0.2) is 4.68 Å². The number of halogens is 1. The van der Waals surface area contributed by atoms with Gasteiger partial charge in [-0.3, -0.25) is 4.79 Å². The first kappa shape index (κ1) is 14.1. The molecule has 0 radical (unpaired) electrons. The largest absolute Gasteiger partial charge is 0.481 e. The van der Waals surface area contributed by atoms with Gasteiger partial charge in [0.15, 0.2) is 0 Å². The molecule has 1 aliphatic carbocycles. The molecule has 21 heavy (non-hydrogen) atoms. The van der Waals surface area contributed by atoms with E-state index in [1.807, 2.05) is 36.0 Å². The molecule has 1 atom stereocenters. The zero-order chi connectivity index (χ0) is 15.0. The third-order valence-corrected chi connectivity index (χ3v) is 4.60. The molecule has 0 spiro atoms. The highest BCUT2D eigenvalue weighted by Gasteiger charge is 2.26. The van der Waals surface area contributed by atoms with E-state index in [-0.39, 0.29) is 12.3 Å². The molecule has 1 aromatic carbocycles. The molecule has 2 aromatic rings. The zero-order valence-electron chi connectivity index (χ0n) is 11.8. The van der Waals surface area contributed by atoms with Crippen LogP contribution >= 0.6 is 11.6 Å². The van der Waals surface area contributed by atoms with Crippen molar-refractivity contribution in [2.75, 3.05) is 0 Å². The molecule has 4 nitrogen and oxygen atoms in total. The van der Waals surface area contributed by atoms with Crippen LogP contribution in [-0.4, -0.2) is 20.9 Å². The Hall–Kier alpha value is -1.81. The predicted octanol–water partition coefficient (Wildman–Crippen LogP) is 3.73. The second-order valence-corrected chi connectivity index (χ2v) is 5.94. The van der Waals surface area contributed by atoms with Crippen LogP contribution in [0, 0.1) is 6.92 Å². The summed E-state index contributed by atoms with van der Waals surface area (Å²) in [5, 5.41) is 14.3. The van der Waals surface area contributed by atoms with Crippen LogP contribution in [0.15, 0.2) is 24.4 Å². The standard InChI is InChI=1S/C16H17ClN2O2/c1-10-13(17)5-3-6-14(10)19-15-7-2-4-11(8-16(20)21)12(15)9-18-19/h3,5-6,9,11H,2,4,7-8H2,1H3,(H,20,21). The molecule has 0 saturated carbocycles. The van der Waals surface area contributed by atoms with Crippen LogP contribution in [0.25, 0.3) is 5.69 Å². The highest BCUT2D eigenvalue weighted by Crippen LogP contribution is 2.35. The van der Waals surface area contributed by atoms with Crippen molar-refractivity contribution in [2.24, 2.45) is 0 Å². The summed E-state index contributed by atoms with van der Waals surface area (Å²) in [4.78, 5) is 11.0. The first-order valence-corrected chi connectivity index (χ1v) is 7.50. The minimum atomic E-state index is -0.750. The lowest BCUT2D eigenvalue weighted by molar-refractivity contribution is -0.137. The van der Waals surface area contributed by atoms with E-state index in [0.29, 0.717) is 0 Å². The summed E-state index contributed by atoms with van der Waals surface area (Å²) in [5.74, 6) is -0.681. The monoisotopic (exact) mass is 304 g/mol. The van der Waals surface area contributed by atoms with Crippen LogP contribution < -0.4 is 0 Å². The van der Waals surface area contributed by atoms with Crippen LogP contribution in [0.1, 0.15) is 42.0 Å². The van der Waals surface area contributed by atoms with Gasteiger partial charge in [-0.2, -0.15) is 5.10 Å². The Balaban J connectivity index is 2.05. The maximum absolute atomic E-state index is 11.0. The van der Waals surface area contributed by atoms with E-state index >= 15 is 0 Å². The third-order valence-electron chi connectivity index (χ3n) is 4.20. The van der Waals surface area contributed by atoms with E-state index in [2.05, 4.69) is 5.10 Å². The molecule has 1 aromatic heterocycles. The van der Waals surface area contributed by atoms with E-state index in [4.69, 9.17) is 16.7 Å². The van der Waals surface area contributed by atoms with Crippen molar-refractivity contribution in [3.8, 4) is 5.69 Å². The van der Waals surface area contributed by atoms with Gasteiger partial charge in [-0.15, -0.1) is 0 Å². The molecule has 1 N–H and O–H groups in total. The maximum Gasteiger partial charge on any atom is 0.303 e. The minimum Gasteiger partial charge on any atom is -0.481 e. The van der Waals surface area contributed by atoms with Crippen molar-refractivity contribution in [3.05, 3.63) is 46.2 Å². The van der Waals surface area contributed by atoms with Crippen LogP contribution in [0.5, 0.6) is 0 Å². The lowest BCUT2D eigenvalue weighted by atomic mass is 9.85. The Morgan fingerprint density at radius 1 is 1.52 bits per heavy atom. The quantitative estimate of drug-likeness (QED) is 0.940. The SMILES string of the molecule is Cc1c(Cl)cccc1-n1ncc2c1CCCC2CC(=O)O. The Kier molecular flexibility index (Phi) is 3.72. The lowest BCUT2D eigenvalue weighted by Crippen LogP contribution is -2.15. The van der Waals surface area contributed by atoms with Crippen LogP contribution in [0.4, 0.5) is 0 Å². The van der Waals surface area contributed by atoms with E-state index < -0.39 is 5.97 Å². The number of aliphatic carboxylic acids is 1. The molecule has 0 aliphatic heterocycles. The van der Waals surface area contributed by atoms with Crippen molar-refractivity contribution in [1.29, 1.82) is 0 Å². The fraction of sp³-hybridized carbons (Fsp3) is 0.375. The van der Waals surface area contributed by atoms with Gasteiger partial charge in [0, 0.05) is 10.7 Å². The number of carboxylic acids is 1.